The smallest absolute Gasteiger partial charge is 0.0509 e. The van der Waals surface area contributed by atoms with Gasteiger partial charge in [0.15, 0.2) is 0 Å². The van der Waals surface area contributed by atoms with Gasteiger partial charge in [-0.25, -0.2) is 0 Å². The number of hydrogen-bond acceptors (Lipinski definition) is 1. The van der Waals surface area contributed by atoms with Gasteiger partial charge in [-0.1, -0.05) is 31.0 Å². The van der Waals surface area contributed by atoms with Crippen molar-refractivity contribution in [2.24, 2.45) is 5.92 Å². The molecule has 3 heteroatoms. The van der Waals surface area contributed by atoms with Crippen molar-refractivity contribution in [1.29, 1.82) is 0 Å². The summed E-state index contributed by atoms with van der Waals surface area (Å²) >= 11 is 12.2. The van der Waals surface area contributed by atoms with Crippen molar-refractivity contribution in [3.05, 3.63) is 28.8 Å². The molecule has 0 saturated carbocycles. The van der Waals surface area contributed by atoms with E-state index in [0.29, 0.717) is 5.88 Å². The third-order valence-electron chi connectivity index (χ3n) is 3.76. The van der Waals surface area contributed by atoms with Crippen LogP contribution in [0.2, 0.25) is 5.02 Å². The fourth-order valence-electron chi connectivity index (χ4n) is 2.56. The fourth-order valence-corrected chi connectivity index (χ4v) is 3.14. The van der Waals surface area contributed by atoms with Crippen molar-refractivity contribution in [2.75, 3.05) is 18.0 Å². The molecule has 1 aromatic carbocycles. The van der Waals surface area contributed by atoms with E-state index in [4.69, 9.17) is 23.2 Å². The molecule has 17 heavy (non-hydrogen) atoms. The van der Waals surface area contributed by atoms with Gasteiger partial charge in [0.25, 0.3) is 0 Å². The first-order valence-electron chi connectivity index (χ1n) is 6.34. The number of hydrogen-bond donors (Lipinski definition) is 0. The molecule has 0 amide bonds. The predicted molar refractivity (Wildman–Crippen MR) is 76.2 cm³/mol. The van der Waals surface area contributed by atoms with Gasteiger partial charge in [0.1, 0.15) is 0 Å². The van der Waals surface area contributed by atoms with Crippen molar-refractivity contribution < 1.29 is 0 Å². The molecule has 1 nitrogen and oxygen atoms in total. The van der Waals surface area contributed by atoms with Crippen LogP contribution in [0.15, 0.2) is 18.2 Å². The maximum absolute atomic E-state index is 6.19. The van der Waals surface area contributed by atoms with Gasteiger partial charge in [-0.15, -0.1) is 11.6 Å². The van der Waals surface area contributed by atoms with E-state index in [1.54, 1.807) is 0 Å². The lowest BCUT2D eigenvalue weighted by molar-refractivity contribution is 0.395. The van der Waals surface area contributed by atoms with Crippen molar-refractivity contribution in [1.82, 2.24) is 0 Å². The third-order valence-corrected chi connectivity index (χ3v) is 4.38. The Kier molecular flexibility index (Phi) is 4.58. The molecule has 0 N–H and O–H groups in total. The molecule has 1 aliphatic heterocycles. The number of anilines is 1. The van der Waals surface area contributed by atoms with Crippen LogP contribution >= 0.6 is 23.2 Å². The first-order valence-corrected chi connectivity index (χ1v) is 7.25. The highest BCUT2D eigenvalue weighted by Crippen LogP contribution is 2.32. The van der Waals surface area contributed by atoms with Gasteiger partial charge in [0, 0.05) is 29.4 Å². The second-order valence-corrected chi connectivity index (χ2v) is 5.38. The quantitative estimate of drug-likeness (QED) is 0.720. The molecule has 0 atom stereocenters. The zero-order valence-electron chi connectivity index (χ0n) is 10.3. The topological polar surface area (TPSA) is 3.24 Å². The van der Waals surface area contributed by atoms with Crippen LogP contribution < -0.4 is 4.90 Å². The molecule has 0 unspecified atom stereocenters. The summed E-state index contributed by atoms with van der Waals surface area (Å²) in [4.78, 5) is 2.43. The van der Waals surface area contributed by atoms with E-state index in [0.717, 1.165) is 29.6 Å². The van der Waals surface area contributed by atoms with Gasteiger partial charge < -0.3 is 4.90 Å². The molecular formula is C14H19Cl2N. The summed E-state index contributed by atoms with van der Waals surface area (Å²) in [5.41, 5.74) is 2.30. The van der Waals surface area contributed by atoms with E-state index >= 15 is 0 Å². The first-order chi connectivity index (χ1) is 8.26. The normalized spacial score (nSPS) is 17.5. The molecule has 0 spiro atoms. The van der Waals surface area contributed by atoms with Crippen molar-refractivity contribution in [3.63, 3.8) is 0 Å². The molecule has 1 aromatic rings. The molecule has 0 aliphatic carbocycles. The van der Waals surface area contributed by atoms with Crippen LogP contribution in [0.1, 0.15) is 31.7 Å². The van der Waals surface area contributed by atoms with Crippen LogP contribution in [-0.4, -0.2) is 13.1 Å². The second kappa shape index (κ2) is 5.97. The number of benzene rings is 1. The van der Waals surface area contributed by atoms with Crippen LogP contribution in [0, 0.1) is 5.92 Å². The summed E-state index contributed by atoms with van der Waals surface area (Å²) in [6, 6.07) is 6.07. The number of piperidine rings is 1. The molecule has 2 rings (SSSR count). The minimum Gasteiger partial charge on any atom is -0.371 e. The molecule has 1 heterocycles. The lowest BCUT2D eigenvalue weighted by Crippen LogP contribution is -2.34. The fraction of sp³-hybridized carbons (Fsp3) is 0.571. The van der Waals surface area contributed by atoms with Crippen molar-refractivity contribution in [2.45, 2.75) is 32.1 Å². The second-order valence-electron chi connectivity index (χ2n) is 4.71. The Balaban J connectivity index is 2.15. The third kappa shape index (κ3) is 2.89. The highest BCUT2D eigenvalue weighted by molar-refractivity contribution is 6.32. The molecule has 0 bridgehead atoms. The Morgan fingerprint density at radius 3 is 2.59 bits per heavy atom. The molecule has 1 aliphatic rings. The van der Waals surface area contributed by atoms with Crippen LogP contribution in [0.25, 0.3) is 0 Å². The van der Waals surface area contributed by atoms with Gasteiger partial charge in [0.2, 0.25) is 0 Å². The summed E-state index contributed by atoms with van der Waals surface area (Å²) in [5, 5.41) is 0.787. The summed E-state index contributed by atoms with van der Waals surface area (Å²) in [7, 11) is 0. The molecular weight excluding hydrogens is 253 g/mol. The zero-order valence-corrected chi connectivity index (χ0v) is 11.8. The Labute approximate surface area is 114 Å². The van der Waals surface area contributed by atoms with E-state index < -0.39 is 0 Å². The SMILES string of the molecule is CCC1CCN(c2cccc(Cl)c2CCl)CC1. The average molecular weight is 272 g/mol. The maximum atomic E-state index is 6.19. The molecule has 0 aromatic heterocycles. The summed E-state index contributed by atoms with van der Waals surface area (Å²) in [6.45, 7) is 4.54. The number of halogens is 2. The minimum absolute atomic E-state index is 0.489. The molecule has 94 valence electrons. The van der Waals surface area contributed by atoms with Gasteiger partial charge in [-0.3, -0.25) is 0 Å². The first kappa shape index (κ1) is 13.0. The highest BCUT2D eigenvalue weighted by atomic mass is 35.5. The Morgan fingerprint density at radius 1 is 1.29 bits per heavy atom. The Bertz CT molecular complexity index is 370. The van der Waals surface area contributed by atoms with E-state index in [-0.39, 0.29) is 0 Å². The lowest BCUT2D eigenvalue weighted by Gasteiger charge is -2.34. The molecule has 1 fully saturated rings. The standard InChI is InChI=1S/C14H19Cl2N/c1-2-11-6-8-17(9-7-11)14-5-3-4-13(16)12(14)10-15/h3-5,11H,2,6-10H2,1H3. The number of rotatable bonds is 3. The molecule has 1 saturated heterocycles. The summed E-state index contributed by atoms with van der Waals surface area (Å²) in [5.74, 6) is 1.38. The van der Waals surface area contributed by atoms with Crippen molar-refractivity contribution >= 4 is 28.9 Å². The summed E-state index contributed by atoms with van der Waals surface area (Å²) in [6.07, 6.45) is 3.86. The van der Waals surface area contributed by atoms with Gasteiger partial charge >= 0.3 is 0 Å². The van der Waals surface area contributed by atoms with Gasteiger partial charge in [0.05, 0.1) is 5.88 Å². The van der Waals surface area contributed by atoms with Crippen LogP contribution in [0.5, 0.6) is 0 Å². The van der Waals surface area contributed by atoms with E-state index in [9.17, 15) is 0 Å². The largest absolute Gasteiger partial charge is 0.371 e. The highest BCUT2D eigenvalue weighted by Gasteiger charge is 2.20. The maximum Gasteiger partial charge on any atom is 0.0509 e. The van der Waals surface area contributed by atoms with Crippen LogP contribution in [0.3, 0.4) is 0 Å². The number of nitrogens with zero attached hydrogens (tertiary/aromatic N) is 1. The lowest BCUT2D eigenvalue weighted by atomic mass is 9.94. The van der Waals surface area contributed by atoms with E-state index in [1.807, 2.05) is 12.1 Å². The van der Waals surface area contributed by atoms with Crippen LogP contribution in [0.4, 0.5) is 5.69 Å². The van der Waals surface area contributed by atoms with Crippen molar-refractivity contribution in [3.8, 4) is 0 Å². The predicted octanol–water partition coefficient (Wildman–Crippen LogP) is 4.71. The average Bonchev–Trinajstić information content (AvgIpc) is 2.38. The zero-order chi connectivity index (χ0) is 12.3. The Morgan fingerprint density at radius 2 is 2.00 bits per heavy atom. The van der Waals surface area contributed by atoms with Gasteiger partial charge in [-0.05, 0) is 30.9 Å². The Hall–Kier alpha value is -0.400. The van der Waals surface area contributed by atoms with E-state index in [2.05, 4.69) is 17.9 Å². The van der Waals surface area contributed by atoms with Gasteiger partial charge in [-0.2, -0.15) is 0 Å². The van der Waals surface area contributed by atoms with E-state index in [1.165, 1.54) is 24.9 Å². The number of alkyl halides is 1. The minimum atomic E-state index is 0.489. The monoisotopic (exact) mass is 271 g/mol. The summed E-state index contributed by atoms with van der Waals surface area (Å²) < 4.78 is 0. The molecule has 0 radical (unpaired) electrons. The van der Waals surface area contributed by atoms with Crippen LogP contribution in [-0.2, 0) is 5.88 Å².